The molecule has 2 atom stereocenters. The van der Waals surface area contributed by atoms with Crippen molar-refractivity contribution in [1.82, 2.24) is 10.5 Å². The Labute approximate surface area is 91.6 Å². The molecule has 0 bridgehead atoms. The van der Waals surface area contributed by atoms with Crippen LogP contribution in [-0.2, 0) is 4.79 Å². The standard InChI is InChI=1S/C10H12N2O4/c13-9(8-3-4-16-12-8)11-7-2-1-6(5-7)10(14)15/h3-4,6-7H,1-2,5H2,(H,11,13)(H,14,15)/t6-,7+/m1/s1. The van der Waals surface area contributed by atoms with Gasteiger partial charge in [-0.1, -0.05) is 5.16 Å². The highest BCUT2D eigenvalue weighted by atomic mass is 16.5. The number of nitrogens with one attached hydrogen (secondary N) is 1. The van der Waals surface area contributed by atoms with E-state index in [9.17, 15) is 9.59 Å². The summed E-state index contributed by atoms with van der Waals surface area (Å²) in [5.74, 6) is -1.45. The van der Waals surface area contributed by atoms with Gasteiger partial charge in [0.25, 0.3) is 5.91 Å². The molecule has 1 aliphatic rings. The molecule has 0 unspecified atom stereocenters. The summed E-state index contributed by atoms with van der Waals surface area (Å²) >= 11 is 0. The van der Waals surface area contributed by atoms with Gasteiger partial charge in [0.2, 0.25) is 0 Å². The van der Waals surface area contributed by atoms with Gasteiger partial charge in [-0.2, -0.15) is 0 Å². The third-order valence-electron chi connectivity index (χ3n) is 2.79. The minimum Gasteiger partial charge on any atom is -0.481 e. The van der Waals surface area contributed by atoms with E-state index in [1.165, 1.54) is 12.3 Å². The van der Waals surface area contributed by atoms with Gasteiger partial charge in [-0.05, 0) is 19.3 Å². The molecule has 1 aromatic rings. The Bertz CT molecular complexity index is 388. The lowest BCUT2D eigenvalue weighted by molar-refractivity contribution is -0.141. The SMILES string of the molecule is O=C(N[C@H]1CC[C@@H](C(=O)O)C1)c1ccon1. The second-order valence-electron chi connectivity index (χ2n) is 3.90. The minimum absolute atomic E-state index is 0.0784. The number of nitrogens with zero attached hydrogens (tertiary/aromatic N) is 1. The van der Waals surface area contributed by atoms with E-state index >= 15 is 0 Å². The van der Waals surface area contributed by atoms with Crippen molar-refractivity contribution in [3.8, 4) is 0 Å². The van der Waals surface area contributed by atoms with Gasteiger partial charge in [-0.3, -0.25) is 9.59 Å². The molecule has 0 saturated heterocycles. The van der Waals surface area contributed by atoms with Gasteiger partial charge in [-0.25, -0.2) is 0 Å². The molecule has 0 aromatic carbocycles. The number of carboxylic acid groups (broad SMARTS) is 1. The van der Waals surface area contributed by atoms with Crippen molar-refractivity contribution >= 4 is 11.9 Å². The number of rotatable bonds is 3. The van der Waals surface area contributed by atoms with E-state index < -0.39 is 5.97 Å². The van der Waals surface area contributed by atoms with Gasteiger partial charge in [0.15, 0.2) is 5.69 Å². The highest BCUT2D eigenvalue weighted by Crippen LogP contribution is 2.25. The Morgan fingerprint density at radius 1 is 1.50 bits per heavy atom. The van der Waals surface area contributed by atoms with Gasteiger partial charge in [0, 0.05) is 12.1 Å². The maximum Gasteiger partial charge on any atom is 0.306 e. The van der Waals surface area contributed by atoms with E-state index in [2.05, 4.69) is 15.0 Å². The average Bonchev–Trinajstić information content (AvgIpc) is 2.87. The van der Waals surface area contributed by atoms with E-state index in [0.717, 1.165) is 0 Å². The number of aliphatic carboxylic acids is 1. The maximum absolute atomic E-state index is 11.6. The van der Waals surface area contributed by atoms with E-state index in [1.54, 1.807) is 0 Å². The first-order chi connectivity index (χ1) is 7.66. The molecule has 0 spiro atoms. The zero-order valence-corrected chi connectivity index (χ0v) is 8.55. The van der Waals surface area contributed by atoms with Crippen molar-refractivity contribution < 1.29 is 19.2 Å². The molecule has 0 radical (unpaired) electrons. The van der Waals surface area contributed by atoms with Gasteiger partial charge < -0.3 is 14.9 Å². The van der Waals surface area contributed by atoms with Crippen molar-refractivity contribution in [3.05, 3.63) is 18.0 Å². The van der Waals surface area contributed by atoms with Crippen LogP contribution in [0, 0.1) is 5.92 Å². The number of carbonyl (C=O) groups is 2. The normalized spacial score (nSPS) is 24.2. The van der Waals surface area contributed by atoms with Crippen LogP contribution >= 0.6 is 0 Å². The zero-order valence-electron chi connectivity index (χ0n) is 8.55. The third-order valence-corrected chi connectivity index (χ3v) is 2.79. The van der Waals surface area contributed by atoms with E-state index in [-0.39, 0.29) is 23.6 Å². The molecule has 1 aromatic heterocycles. The van der Waals surface area contributed by atoms with Crippen LogP contribution in [0.4, 0.5) is 0 Å². The fourth-order valence-electron chi connectivity index (χ4n) is 1.93. The average molecular weight is 224 g/mol. The van der Waals surface area contributed by atoms with Gasteiger partial charge in [-0.15, -0.1) is 0 Å². The zero-order chi connectivity index (χ0) is 11.5. The van der Waals surface area contributed by atoms with Crippen molar-refractivity contribution in [1.29, 1.82) is 0 Å². The first-order valence-electron chi connectivity index (χ1n) is 5.11. The minimum atomic E-state index is -0.793. The van der Waals surface area contributed by atoms with Gasteiger partial charge >= 0.3 is 5.97 Å². The van der Waals surface area contributed by atoms with E-state index in [4.69, 9.17) is 5.11 Å². The Morgan fingerprint density at radius 3 is 2.88 bits per heavy atom. The third kappa shape index (κ3) is 2.21. The molecule has 1 amide bonds. The summed E-state index contributed by atoms with van der Waals surface area (Å²) < 4.78 is 4.55. The molecule has 1 saturated carbocycles. The predicted octanol–water partition coefficient (Wildman–Crippen LogP) is 0.658. The first kappa shape index (κ1) is 10.7. The second kappa shape index (κ2) is 4.34. The molecule has 86 valence electrons. The fourth-order valence-corrected chi connectivity index (χ4v) is 1.93. The lowest BCUT2D eigenvalue weighted by Crippen LogP contribution is -2.33. The highest BCUT2D eigenvalue weighted by molar-refractivity contribution is 5.92. The predicted molar refractivity (Wildman–Crippen MR) is 52.7 cm³/mol. The van der Waals surface area contributed by atoms with Crippen LogP contribution in [0.15, 0.2) is 16.9 Å². The lowest BCUT2D eigenvalue weighted by Gasteiger charge is -2.10. The van der Waals surface area contributed by atoms with Crippen LogP contribution < -0.4 is 5.32 Å². The van der Waals surface area contributed by atoms with Crippen molar-refractivity contribution in [3.63, 3.8) is 0 Å². The topological polar surface area (TPSA) is 92.4 Å². The second-order valence-corrected chi connectivity index (χ2v) is 3.90. The molecule has 16 heavy (non-hydrogen) atoms. The number of amides is 1. The molecular formula is C10H12N2O4. The van der Waals surface area contributed by atoms with Crippen LogP contribution in [0.2, 0.25) is 0 Å². The molecule has 1 heterocycles. The number of aromatic nitrogens is 1. The number of carboxylic acids is 1. The van der Waals surface area contributed by atoms with E-state index in [0.29, 0.717) is 19.3 Å². The largest absolute Gasteiger partial charge is 0.481 e. The number of hydrogen-bond acceptors (Lipinski definition) is 4. The summed E-state index contributed by atoms with van der Waals surface area (Å²) in [7, 11) is 0. The monoisotopic (exact) mass is 224 g/mol. The molecule has 1 aliphatic carbocycles. The molecule has 6 heteroatoms. The number of hydrogen-bond donors (Lipinski definition) is 2. The molecule has 6 nitrogen and oxygen atoms in total. The van der Waals surface area contributed by atoms with Gasteiger partial charge in [0.1, 0.15) is 6.26 Å². The van der Waals surface area contributed by atoms with Crippen LogP contribution in [-0.4, -0.2) is 28.2 Å². The summed E-state index contributed by atoms with van der Waals surface area (Å²) in [5, 5.41) is 15.1. The molecule has 2 N–H and O–H groups in total. The number of carbonyl (C=O) groups excluding carboxylic acids is 1. The lowest BCUT2D eigenvalue weighted by atomic mass is 10.1. The summed E-state index contributed by atoms with van der Waals surface area (Å²) in [6.45, 7) is 0. The summed E-state index contributed by atoms with van der Waals surface area (Å²) in [6.07, 6.45) is 3.11. The summed E-state index contributed by atoms with van der Waals surface area (Å²) in [6, 6.07) is 1.39. The Kier molecular flexibility index (Phi) is 2.89. The van der Waals surface area contributed by atoms with Crippen molar-refractivity contribution in [2.24, 2.45) is 5.92 Å². The molecular weight excluding hydrogens is 212 g/mol. The molecule has 0 aliphatic heterocycles. The van der Waals surface area contributed by atoms with Crippen molar-refractivity contribution in [2.45, 2.75) is 25.3 Å². The maximum atomic E-state index is 11.6. The molecule has 1 fully saturated rings. The van der Waals surface area contributed by atoms with Gasteiger partial charge in [0.05, 0.1) is 5.92 Å². The van der Waals surface area contributed by atoms with Crippen LogP contribution in [0.3, 0.4) is 0 Å². The summed E-state index contributed by atoms with van der Waals surface area (Å²) in [5.41, 5.74) is 0.221. The summed E-state index contributed by atoms with van der Waals surface area (Å²) in [4.78, 5) is 22.3. The van der Waals surface area contributed by atoms with Crippen LogP contribution in [0.25, 0.3) is 0 Å². The smallest absolute Gasteiger partial charge is 0.306 e. The van der Waals surface area contributed by atoms with Crippen LogP contribution in [0.5, 0.6) is 0 Å². The quantitative estimate of drug-likeness (QED) is 0.786. The first-order valence-corrected chi connectivity index (χ1v) is 5.11. The van der Waals surface area contributed by atoms with E-state index in [1.807, 2.05) is 0 Å². The van der Waals surface area contributed by atoms with Crippen LogP contribution in [0.1, 0.15) is 29.8 Å². The van der Waals surface area contributed by atoms with Crippen molar-refractivity contribution in [2.75, 3.05) is 0 Å². The Balaban J connectivity index is 1.88. The molecule has 2 rings (SSSR count). The fraction of sp³-hybridized carbons (Fsp3) is 0.500. The Morgan fingerprint density at radius 2 is 2.31 bits per heavy atom. The Hall–Kier alpha value is -1.85. The highest BCUT2D eigenvalue weighted by Gasteiger charge is 2.30.